The molecule has 3 aliphatic carbocycles. The number of nitrogens with zero attached hydrogens (tertiary/aromatic N) is 6. The summed E-state index contributed by atoms with van der Waals surface area (Å²) in [6.45, 7) is 0. The largest absolute Gasteiger partial charge is 0.208 e. The van der Waals surface area contributed by atoms with Crippen molar-refractivity contribution in [1.82, 2.24) is 29.9 Å². The fourth-order valence-corrected chi connectivity index (χ4v) is 10.1. The van der Waals surface area contributed by atoms with Crippen LogP contribution in [0.5, 0.6) is 0 Å². The van der Waals surface area contributed by atoms with Crippen LogP contribution in [-0.2, 0) is 0 Å². The monoisotopic (exact) mass is 842 g/mol. The molecule has 66 heavy (non-hydrogen) atoms. The van der Waals surface area contributed by atoms with E-state index in [2.05, 4.69) is 140 Å². The van der Waals surface area contributed by atoms with Crippen molar-refractivity contribution in [1.29, 1.82) is 0 Å². The molecule has 0 fully saturated rings. The number of aromatic nitrogens is 6. The zero-order chi connectivity index (χ0) is 43.6. The van der Waals surface area contributed by atoms with Crippen molar-refractivity contribution in [2.24, 2.45) is 0 Å². The van der Waals surface area contributed by atoms with Gasteiger partial charge >= 0.3 is 0 Å². The Morgan fingerprint density at radius 3 is 1.08 bits per heavy atom. The van der Waals surface area contributed by atoms with E-state index in [-0.39, 0.29) is 11.8 Å². The number of hydrogen-bond donors (Lipinski definition) is 0. The zero-order valence-electron chi connectivity index (χ0n) is 35.6. The summed E-state index contributed by atoms with van der Waals surface area (Å²) in [4.78, 5) is 30.8. The molecule has 0 radical (unpaired) electrons. The fourth-order valence-electron chi connectivity index (χ4n) is 10.1. The van der Waals surface area contributed by atoms with Gasteiger partial charge in [0.1, 0.15) is 0 Å². The Bertz CT molecular complexity index is 3610. The van der Waals surface area contributed by atoms with Crippen molar-refractivity contribution in [2.75, 3.05) is 0 Å². The van der Waals surface area contributed by atoms with Crippen LogP contribution in [0.4, 0.5) is 0 Å². The minimum Gasteiger partial charge on any atom is -0.208 e. The molecule has 0 saturated carbocycles. The van der Waals surface area contributed by atoms with Gasteiger partial charge in [0.15, 0.2) is 34.9 Å². The van der Waals surface area contributed by atoms with E-state index < -0.39 is 0 Å². The summed E-state index contributed by atoms with van der Waals surface area (Å²) in [5, 5.41) is 2.39. The van der Waals surface area contributed by atoms with Crippen molar-refractivity contribution in [2.45, 2.75) is 11.8 Å². The first-order chi connectivity index (χ1) is 32.7. The molecule has 0 amide bonds. The molecule has 0 saturated heterocycles. The highest BCUT2D eigenvalue weighted by atomic mass is 15.0. The Morgan fingerprint density at radius 1 is 0.212 bits per heavy atom. The lowest BCUT2D eigenvalue weighted by Gasteiger charge is -2.42. The smallest absolute Gasteiger partial charge is 0.164 e. The van der Waals surface area contributed by atoms with Crippen molar-refractivity contribution in [3.63, 3.8) is 0 Å². The minimum absolute atomic E-state index is 0.0202. The number of rotatable bonds is 7. The second-order valence-electron chi connectivity index (χ2n) is 17.0. The molecule has 2 aromatic heterocycles. The van der Waals surface area contributed by atoms with E-state index in [9.17, 15) is 0 Å². The molecule has 9 aromatic carbocycles. The van der Waals surface area contributed by atoms with Gasteiger partial charge in [0.05, 0.1) is 0 Å². The molecule has 2 heterocycles. The molecule has 0 spiro atoms. The number of hydrogen-bond acceptors (Lipinski definition) is 6. The van der Waals surface area contributed by atoms with E-state index in [1.165, 1.54) is 44.2 Å². The molecule has 308 valence electrons. The highest BCUT2D eigenvalue weighted by molar-refractivity contribution is 5.91. The van der Waals surface area contributed by atoms with Crippen LogP contribution < -0.4 is 0 Å². The van der Waals surface area contributed by atoms with Crippen molar-refractivity contribution < 1.29 is 0 Å². The molecule has 2 bridgehead atoms. The van der Waals surface area contributed by atoms with Gasteiger partial charge in [-0.15, -0.1) is 0 Å². The van der Waals surface area contributed by atoms with E-state index in [1.807, 2.05) is 78.9 Å². The van der Waals surface area contributed by atoms with Crippen LogP contribution in [0.3, 0.4) is 0 Å². The fraction of sp³-hybridized carbons (Fsp3) is 0.0333. The summed E-state index contributed by atoms with van der Waals surface area (Å²) in [6, 6.07) is 76.5. The predicted octanol–water partition coefficient (Wildman–Crippen LogP) is 13.9. The van der Waals surface area contributed by atoms with Crippen LogP contribution in [0.2, 0.25) is 0 Å². The maximum atomic E-state index is 5.31. The maximum Gasteiger partial charge on any atom is 0.164 e. The lowest BCUT2D eigenvalue weighted by molar-refractivity contribution is 0.754. The van der Waals surface area contributed by atoms with Crippen LogP contribution >= 0.6 is 0 Å². The Hall–Kier alpha value is -8.74. The first-order valence-electron chi connectivity index (χ1n) is 22.3. The molecular weight excluding hydrogens is 805 g/mol. The van der Waals surface area contributed by atoms with E-state index in [4.69, 9.17) is 29.9 Å². The molecule has 2 atom stereocenters. The summed E-state index contributed by atoms with van der Waals surface area (Å²) in [7, 11) is 0. The van der Waals surface area contributed by atoms with Gasteiger partial charge in [-0.1, -0.05) is 200 Å². The van der Waals surface area contributed by atoms with Gasteiger partial charge in [0.2, 0.25) is 0 Å². The normalized spacial score (nSPS) is 14.4. The Morgan fingerprint density at radius 2 is 0.576 bits per heavy atom. The maximum absolute atomic E-state index is 5.31. The van der Waals surface area contributed by atoms with E-state index in [0.717, 1.165) is 44.5 Å². The SMILES string of the molecule is c1ccc(-c2nc(-c3ccccc3)nc(-c3ccc4c(c3)C3c5ccccc5C4c4cc(-c5nc(-c6ccccc6)nc(-c6ccccc6-c6ccc7ccccc7c6)n5)ccc43)n2)cc1. The Balaban J connectivity index is 0.939. The highest BCUT2D eigenvalue weighted by Crippen LogP contribution is 2.56. The third-order valence-corrected chi connectivity index (χ3v) is 13.1. The van der Waals surface area contributed by atoms with Gasteiger partial charge in [0.25, 0.3) is 0 Å². The van der Waals surface area contributed by atoms with Gasteiger partial charge in [-0.2, -0.15) is 0 Å². The highest BCUT2D eigenvalue weighted by Gasteiger charge is 2.41. The average molecular weight is 843 g/mol. The van der Waals surface area contributed by atoms with Crippen LogP contribution in [0.25, 0.3) is 90.2 Å². The molecule has 0 N–H and O–H groups in total. The summed E-state index contributed by atoms with van der Waals surface area (Å²) < 4.78 is 0. The molecule has 3 aliphatic rings. The van der Waals surface area contributed by atoms with Crippen molar-refractivity contribution in [3.05, 3.63) is 252 Å². The van der Waals surface area contributed by atoms with Crippen molar-refractivity contribution >= 4 is 10.8 Å². The van der Waals surface area contributed by atoms with E-state index in [0.29, 0.717) is 34.9 Å². The summed E-state index contributed by atoms with van der Waals surface area (Å²) >= 11 is 0. The third-order valence-electron chi connectivity index (χ3n) is 13.1. The van der Waals surface area contributed by atoms with E-state index >= 15 is 0 Å². The first kappa shape index (κ1) is 37.8. The van der Waals surface area contributed by atoms with Gasteiger partial charge in [-0.3, -0.25) is 0 Å². The zero-order valence-corrected chi connectivity index (χ0v) is 35.6. The quantitative estimate of drug-likeness (QED) is 0.159. The Kier molecular flexibility index (Phi) is 8.88. The van der Waals surface area contributed by atoms with E-state index in [1.54, 1.807) is 0 Å². The van der Waals surface area contributed by atoms with Crippen LogP contribution in [0, 0.1) is 0 Å². The van der Waals surface area contributed by atoms with Crippen molar-refractivity contribution in [3.8, 4) is 79.5 Å². The topological polar surface area (TPSA) is 77.3 Å². The lowest BCUT2D eigenvalue weighted by Crippen LogP contribution is -2.27. The second kappa shape index (κ2) is 15.5. The van der Waals surface area contributed by atoms with Crippen LogP contribution in [-0.4, -0.2) is 29.9 Å². The number of fused-ring (bicyclic) bond motifs is 1. The molecule has 2 unspecified atom stereocenters. The predicted molar refractivity (Wildman–Crippen MR) is 264 cm³/mol. The first-order valence-corrected chi connectivity index (χ1v) is 22.3. The van der Waals surface area contributed by atoms with Crippen LogP contribution in [0.15, 0.2) is 218 Å². The second-order valence-corrected chi connectivity index (χ2v) is 17.0. The molecule has 0 aliphatic heterocycles. The lowest BCUT2D eigenvalue weighted by atomic mass is 9.61. The van der Waals surface area contributed by atoms with Gasteiger partial charge in [0, 0.05) is 45.2 Å². The number of benzene rings is 9. The van der Waals surface area contributed by atoms with Gasteiger partial charge < -0.3 is 0 Å². The Labute approximate surface area is 382 Å². The van der Waals surface area contributed by atoms with Crippen LogP contribution in [0.1, 0.15) is 45.2 Å². The minimum atomic E-state index is 0.0202. The average Bonchev–Trinajstić information content (AvgIpc) is 3.40. The summed E-state index contributed by atoms with van der Waals surface area (Å²) in [6.07, 6.45) is 0. The molecule has 11 aromatic rings. The molecule has 6 heteroatoms. The van der Waals surface area contributed by atoms with Gasteiger partial charge in [-0.05, 0) is 73.5 Å². The molecular formula is C60H38N6. The molecule has 14 rings (SSSR count). The molecule has 6 nitrogen and oxygen atoms in total. The summed E-state index contributed by atoms with van der Waals surface area (Å²) in [5.41, 5.74) is 15.7. The van der Waals surface area contributed by atoms with Gasteiger partial charge in [-0.25, -0.2) is 29.9 Å². The third kappa shape index (κ3) is 6.41. The summed E-state index contributed by atoms with van der Waals surface area (Å²) in [5.74, 6) is 3.90. The standard InChI is InChI=1S/C60H38N6/c1-4-17-38(18-5-1)55-61-56(39-19-6-2-7-20-39)63-58(62-55)43-30-32-48-51(35-43)53-46-25-13-14-26-47(46)54(48)52-36-44(31-33-49(52)53)59-64-57(40-21-8-3-9-22-40)65-60(66-59)50-27-15-12-24-45(50)42-29-28-37-16-10-11-23-41(37)34-42/h1-36,53-54H.